The van der Waals surface area contributed by atoms with Gasteiger partial charge in [0.15, 0.2) is 0 Å². The molecule has 0 atom stereocenters. The molecule has 1 amide bonds. The van der Waals surface area contributed by atoms with Gasteiger partial charge in [0.1, 0.15) is 5.03 Å². The molecule has 2 rings (SSSR count). The van der Waals surface area contributed by atoms with Gasteiger partial charge in [0.25, 0.3) is 5.91 Å². The number of rotatable bonds is 6. The van der Waals surface area contributed by atoms with Crippen molar-refractivity contribution < 1.29 is 18.0 Å². The van der Waals surface area contributed by atoms with Crippen LogP contribution in [0.15, 0.2) is 23.4 Å². The molecule has 5 nitrogen and oxygen atoms in total. The Labute approximate surface area is 149 Å². The van der Waals surface area contributed by atoms with Crippen LogP contribution in [0.3, 0.4) is 0 Å². The Morgan fingerprint density at radius 3 is 2.75 bits per heavy atom. The van der Waals surface area contributed by atoms with E-state index in [1.54, 1.807) is 0 Å². The lowest BCUT2D eigenvalue weighted by atomic mass is 10.2. The zero-order chi connectivity index (χ0) is 16.7. The van der Waals surface area contributed by atoms with Crippen LogP contribution in [0.5, 0.6) is 0 Å². The van der Waals surface area contributed by atoms with E-state index in [1.165, 1.54) is 18.3 Å². The van der Waals surface area contributed by atoms with Gasteiger partial charge in [-0.2, -0.15) is 13.2 Å². The number of hydrogen-bond donors (Lipinski definition) is 2. The summed E-state index contributed by atoms with van der Waals surface area (Å²) in [5.41, 5.74) is -4.51. The molecule has 1 aliphatic rings. The highest BCUT2D eigenvalue weighted by Gasteiger charge is 2.32. The summed E-state index contributed by atoms with van der Waals surface area (Å²) in [5, 5.41) is 5.60. The number of nitrogens with zero attached hydrogens (tertiary/aromatic N) is 2. The van der Waals surface area contributed by atoms with Crippen LogP contribution in [-0.4, -0.2) is 60.6 Å². The molecular weight excluding hydrogens is 365 g/mol. The molecule has 2 heterocycles. The van der Waals surface area contributed by atoms with Gasteiger partial charge in [0.2, 0.25) is 0 Å². The number of carbonyl (C=O) groups excluding carboxylic acids is 1. The number of nitrogens with one attached hydrogen (secondary N) is 2. The Morgan fingerprint density at radius 2 is 2.08 bits per heavy atom. The average Bonchev–Trinajstić information content (AvgIpc) is 2.51. The fourth-order valence-electron chi connectivity index (χ4n) is 2.29. The normalized spacial score (nSPS) is 15.6. The van der Waals surface area contributed by atoms with E-state index >= 15 is 0 Å². The number of thioether (sulfide) groups is 1. The Hall–Kier alpha value is -1.03. The van der Waals surface area contributed by atoms with E-state index < -0.39 is 11.4 Å². The van der Waals surface area contributed by atoms with Gasteiger partial charge in [-0.1, -0.05) is 0 Å². The minimum absolute atomic E-state index is 0. The molecule has 0 bridgehead atoms. The van der Waals surface area contributed by atoms with Crippen molar-refractivity contribution >= 4 is 30.1 Å². The summed E-state index contributed by atoms with van der Waals surface area (Å²) < 4.78 is 37.4. The van der Waals surface area contributed by atoms with Crippen LogP contribution < -0.4 is 10.6 Å². The fraction of sp³-hybridized carbons (Fsp3) is 0.571. The van der Waals surface area contributed by atoms with Gasteiger partial charge in [-0.05, 0) is 25.1 Å². The third-order valence-corrected chi connectivity index (χ3v) is 4.12. The van der Waals surface area contributed by atoms with Crippen LogP contribution in [0, 0.1) is 0 Å². The summed E-state index contributed by atoms with van der Waals surface area (Å²) in [4.78, 5) is 18.0. The van der Waals surface area contributed by atoms with E-state index in [0.29, 0.717) is 6.54 Å². The second kappa shape index (κ2) is 10.1. The molecule has 10 heteroatoms. The highest BCUT2D eigenvalue weighted by Crippen LogP contribution is 2.37. The molecule has 24 heavy (non-hydrogen) atoms. The highest BCUT2D eigenvalue weighted by molar-refractivity contribution is 8.00. The summed E-state index contributed by atoms with van der Waals surface area (Å²) >= 11 is -0.369. The van der Waals surface area contributed by atoms with E-state index in [0.717, 1.165) is 39.1 Å². The lowest BCUT2D eigenvalue weighted by molar-refractivity contribution is -0.0329. The SMILES string of the molecule is Cl.O=C(NCCCN1CCNCC1)c1cccnc1SC(F)(F)F. The number of amides is 1. The third kappa shape index (κ3) is 7.25. The third-order valence-electron chi connectivity index (χ3n) is 3.37. The number of carbonyl (C=O) groups is 1. The number of halogens is 4. The molecule has 0 radical (unpaired) electrons. The van der Waals surface area contributed by atoms with Gasteiger partial charge in [-0.15, -0.1) is 12.4 Å². The molecule has 0 spiro atoms. The first-order chi connectivity index (χ1) is 11.0. The van der Waals surface area contributed by atoms with Gasteiger partial charge in [-0.25, -0.2) is 4.98 Å². The molecule has 0 unspecified atom stereocenters. The van der Waals surface area contributed by atoms with Crippen LogP contribution in [0.25, 0.3) is 0 Å². The summed E-state index contributed by atoms with van der Waals surface area (Å²) in [6.45, 7) is 5.15. The second-order valence-corrected chi connectivity index (χ2v) is 6.16. The number of piperazine rings is 1. The van der Waals surface area contributed by atoms with Crippen molar-refractivity contribution in [2.45, 2.75) is 17.0 Å². The molecule has 0 aromatic carbocycles. The summed E-state index contributed by atoms with van der Waals surface area (Å²) in [7, 11) is 0. The maximum absolute atomic E-state index is 12.5. The topological polar surface area (TPSA) is 57.3 Å². The molecule has 0 aliphatic carbocycles. The first kappa shape index (κ1) is 21.0. The van der Waals surface area contributed by atoms with Crippen molar-refractivity contribution in [1.82, 2.24) is 20.5 Å². The van der Waals surface area contributed by atoms with Crippen LogP contribution in [0.4, 0.5) is 13.2 Å². The number of alkyl halides is 3. The van der Waals surface area contributed by atoms with Crippen LogP contribution in [0.1, 0.15) is 16.8 Å². The maximum Gasteiger partial charge on any atom is 0.447 e. The molecule has 1 saturated heterocycles. The minimum Gasteiger partial charge on any atom is -0.352 e. The van der Waals surface area contributed by atoms with E-state index in [9.17, 15) is 18.0 Å². The zero-order valence-corrected chi connectivity index (χ0v) is 14.6. The largest absolute Gasteiger partial charge is 0.447 e. The highest BCUT2D eigenvalue weighted by atomic mass is 35.5. The predicted octanol–water partition coefficient (Wildman–Crippen LogP) is 2.14. The van der Waals surface area contributed by atoms with Gasteiger partial charge in [0.05, 0.1) is 5.56 Å². The molecule has 0 saturated carbocycles. The van der Waals surface area contributed by atoms with Gasteiger partial charge in [0, 0.05) is 50.7 Å². The number of hydrogen-bond acceptors (Lipinski definition) is 5. The zero-order valence-electron chi connectivity index (χ0n) is 12.9. The predicted molar refractivity (Wildman–Crippen MR) is 89.7 cm³/mol. The lowest BCUT2D eigenvalue weighted by Crippen LogP contribution is -2.44. The molecule has 2 N–H and O–H groups in total. The summed E-state index contributed by atoms with van der Waals surface area (Å²) in [6, 6.07) is 2.81. The Kier molecular flexibility index (Phi) is 8.82. The summed E-state index contributed by atoms with van der Waals surface area (Å²) in [5.74, 6) is -0.523. The molecule has 1 aliphatic heterocycles. The first-order valence-corrected chi connectivity index (χ1v) is 8.19. The van der Waals surface area contributed by atoms with Crippen LogP contribution in [-0.2, 0) is 0 Å². The second-order valence-electron chi connectivity index (χ2n) is 5.11. The van der Waals surface area contributed by atoms with E-state index in [-0.39, 0.29) is 34.8 Å². The Morgan fingerprint density at radius 1 is 1.38 bits per heavy atom. The van der Waals surface area contributed by atoms with Gasteiger partial charge >= 0.3 is 5.51 Å². The molecule has 136 valence electrons. The van der Waals surface area contributed by atoms with Gasteiger partial charge < -0.3 is 15.5 Å². The van der Waals surface area contributed by atoms with Crippen molar-refractivity contribution in [2.24, 2.45) is 0 Å². The van der Waals surface area contributed by atoms with Crippen molar-refractivity contribution in [3.63, 3.8) is 0 Å². The van der Waals surface area contributed by atoms with E-state index in [2.05, 4.69) is 20.5 Å². The molecule has 1 fully saturated rings. The Balaban J connectivity index is 0.00000288. The average molecular weight is 385 g/mol. The Bertz CT molecular complexity index is 527. The summed E-state index contributed by atoms with van der Waals surface area (Å²) in [6.07, 6.45) is 2.00. The van der Waals surface area contributed by atoms with E-state index in [4.69, 9.17) is 0 Å². The van der Waals surface area contributed by atoms with Gasteiger partial charge in [-0.3, -0.25) is 4.79 Å². The van der Waals surface area contributed by atoms with E-state index in [1.807, 2.05) is 0 Å². The van der Waals surface area contributed by atoms with Crippen LogP contribution in [0.2, 0.25) is 0 Å². The minimum atomic E-state index is -4.47. The molecular formula is C14H20ClF3N4OS. The van der Waals surface area contributed by atoms with Crippen molar-refractivity contribution in [1.29, 1.82) is 0 Å². The lowest BCUT2D eigenvalue weighted by Gasteiger charge is -2.27. The monoisotopic (exact) mass is 384 g/mol. The number of pyridine rings is 1. The molecule has 1 aromatic rings. The van der Waals surface area contributed by atoms with Crippen molar-refractivity contribution in [2.75, 3.05) is 39.3 Å². The smallest absolute Gasteiger partial charge is 0.352 e. The van der Waals surface area contributed by atoms with Crippen molar-refractivity contribution in [3.8, 4) is 0 Å². The van der Waals surface area contributed by atoms with Crippen LogP contribution >= 0.6 is 24.2 Å². The van der Waals surface area contributed by atoms with Crippen molar-refractivity contribution in [3.05, 3.63) is 23.9 Å². The number of aromatic nitrogens is 1. The standard InChI is InChI=1S/C14H19F3N4OS.ClH/c15-14(16,17)23-13-11(3-1-4-20-13)12(22)19-5-2-8-21-9-6-18-7-10-21;/h1,3-4,18H,2,5-10H2,(H,19,22);1H. The fourth-order valence-corrected chi connectivity index (χ4v) is 2.89. The molecule has 1 aromatic heterocycles. The first-order valence-electron chi connectivity index (χ1n) is 7.38. The quantitative estimate of drug-likeness (QED) is 0.581. The maximum atomic E-state index is 12.5.